The van der Waals surface area contributed by atoms with Gasteiger partial charge in [0.2, 0.25) is 0 Å². The van der Waals surface area contributed by atoms with Crippen LogP contribution in [0.3, 0.4) is 0 Å². The predicted octanol–water partition coefficient (Wildman–Crippen LogP) is 5.08. The first-order valence-electron chi connectivity index (χ1n) is 10.2. The van der Waals surface area contributed by atoms with Crippen LogP contribution in [0, 0.1) is 0 Å². The van der Waals surface area contributed by atoms with Crippen LogP contribution < -0.4 is 5.32 Å². The maximum absolute atomic E-state index is 11.9. The number of nitrogens with one attached hydrogen (secondary N) is 1. The van der Waals surface area contributed by atoms with E-state index in [9.17, 15) is 9.59 Å². The second-order valence-corrected chi connectivity index (χ2v) is 9.62. The van der Waals surface area contributed by atoms with Crippen LogP contribution in [0.25, 0.3) is 5.57 Å². The van der Waals surface area contributed by atoms with Gasteiger partial charge in [-0.2, -0.15) is 0 Å². The molecule has 0 saturated carbocycles. The Balaban J connectivity index is 2.05. The van der Waals surface area contributed by atoms with Gasteiger partial charge in [-0.3, -0.25) is 0 Å². The summed E-state index contributed by atoms with van der Waals surface area (Å²) in [5.74, 6) is 0. The zero-order valence-corrected chi connectivity index (χ0v) is 19.3. The molecule has 1 atom stereocenters. The van der Waals surface area contributed by atoms with E-state index in [1.54, 1.807) is 20.8 Å². The van der Waals surface area contributed by atoms with Gasteiger partial charge in [-0.05, 0) is 20.8 Å². The van der Waals surface area contributed by atoms with Gasteiger partial charge in [0, 0.05) is 0 Å². The van der Waals surface area contributed by atoms with Gasteiger partial charge in [-0.25, -0.2) is 0 Å². The van der Waals surface area contributed by atoms with E-state index < -0.39 is 17.7 Å². The zero-order chi connectivity index (χ0) is 21.4. The Morgan fingerprint density at radius 2 is 1.97 bits per heavy atom. The summed E-state index contributed by atoms with van der Waals surface area (Å²) in [6, 6.07) is 7.68. The van der Waals surface area contributed by atoms with E-state index in [1.165, 1.54) is 21.1 Å². The minimum atomic E-state index is -0.606. The average Bonchev–Trinajstić information content (AvgIpc) is 2.67. The molecule has 1 aromatic rings. The quantitative estimate of drug-likeness (QED) is 0.527. The summed E-state index contributed by atoms with van der Waals surface area (Å²) in [5, 5.41) is 3.74. The van der Waals surface area contributed by atoms with Crippen LogP contribution in [0.2, 0.25) is 5.28 Å². The summed E-state index contributed by atoms with van der Waals surface area (Å²) >= 11 is 0.257. The van der Waals surface area contributed by atoms with Gasteiger partial charge < -0.3 is 0 Å². The number of aldehydes is 1. The van der Waals surface area contributed by atoms with Crippen LogP contribution in [0.4, 0.5) is 4.79 Å². The van der Waals surface area contributed by atoms with Crippen molar-refractivity contribution < 1.29 is 14.3 Å². The average molecular weight is 408 g/mol. The van der Waals surface area contributed by atoms with Crippen molar-refractivity contribution in [2.45, 2.75) is 64.4 Å². The van der Waals surface area contributed by atoms with Gasteiger partial charge in [0.25, 0.3) is 0 Å². The number of rotatable bonds is 6. The SMILES string of the molecule is C/C=C1/C=C(c2ccc(CC(C=O)NC(=O)OC(C)(C)C)cc2)[CH2][Al+]/[C]1=C/CC. The second kappa shape index (κ2) is 10.6. The summed E-state index contributed by atoms with van der Waals surface area (Å²) in [6.07, 6.45) is 8.54. The Hall–Kier alpha value is -2.09. The van der Waals surface area contributed by atoms with Crippen molar-refractivity contribution in [3.8, 4) is 0 Å². The third kappa shape index (κ3) is 7.35. The van der Waals surface area contributed by atoms with E-state index in [0.29, 0.717) is 6.42 Å². The monoisotopic (exact) mass is 408 g/mol. The molecular formula is C24H31AlNO3+. The molecule has 5 heteroatoms. The van der Waals surface area contributed by atoms with Crippen molar-refractivity contribution in [1.29, 1.82) is 0 Å². The normalized spacial score (nSPS) is 17.8. The van der Waals surface area contributed by atoms with E-state index in [4.69, 9.17) is 4.74 Å². The summed E-state index contributed by atoms with van der Waals surface area (Å²) in [6.45, 7) is 9.66. The molecule has 2 rings (SSSR count). The fourth-order valence-corrected chi connectivity index (χ4v) is 4.92. The molecule has 0 aromatic heterocycles. The van der Waals surface area contributed by atoms with Crippen LogP contribution in [0.5, 0.6) is 0 Å². The van der Waals surface area contributed by atoms with Crippen LogP contribution in [0.1, 0.15) is 52.2 Å². The van der Waals surface area contributed by atoms with Crippen molar-refractivity contribution in [2.24, 2.45) is 0 Å². The fourth-order valence-electron chi connectivity index (χ4n) is 3.24. The topological polar surface area (TPSA) is 55.4 Å². The van der Waals surface area contributed by atoms with Crippen LogP contribution in [-0.2, 0) is 16.0 Å². The first-order valence-corrected chi connectivity index (χ1v) is 11.6. The standard InChI is InChI=1S/C24H31NO3.Al/c1-7-9-10-19(8-2)15-18(3)21-13-11-20(12-14-21)16-22(17-26)25-23(27)28-24(4,5)6;/h8-9,11-15,17,22H,3,7,16H2,1-2,4-6H3,(H,25,27);/q;+1/b10-9?,18-15?,19-8+;. The Morgan fingerprint density at radius 1 is 1.28 bits per heavy atom. The molecular weight excluding hydrogens is 377 g/mol. The van der Waals surface area contributed by atoms with Gasteiger partial charge in [0.05, 0.1) is 0 Å². The number of alkyl carbamates (subject to hydrolysis) is 1. The van der Waals surface area contributed by atoms with Crippen LogP contribution in [0.15, 0.2) is 52.5 Å². The third-order valence-corrected chi connectivity index (χ3v) is 6.24. The Labute approximate surface area is 180 Å². The number of ether oxygens (including phenoxy) is 1. The molecule has 1 aliphatic rings. The summed E-state index contributed by atoms with van der Waals surface area (Å²) in [5.41, 5.74) is 4.34. The molecule has 0 saturated heterocycles. The van der Waals surface area contributed by atoms with E-state index in [-0.39, 0.29) is 15.2 Å². The summed E-state index contributed by atoms with van der Waals surface area (Å²) < 4.78 is 6.74. The van der Waals surface area contributed by atoms with E-state index >= 15 is 0 Å². The van der Waals surface area contributed by atoms with Crippen molar-refractivity contribution in [3.63, 3.8) is 0 Å². The molecule has 1 aliphatic heterocycles. The Kier molecular flexibility index (Phi) is 8.49. The first kappa shape index (κ1) is 23.2. The number of allylic oxidation sites excluding steroid dienone is 6. The van der Waals surface area contributed by atoms with Crippen LogP contribution in [-0.4, -0.2) is 39.2 Å². The Bertz CT molecular complexity index is 814. The summed E-state index contributed by atoms with van der Waals surface area (Å²) in [4.78, 5) is 23.3. The molecule has 1 N–H and O–H groups in total. The van der Waals surface area contributed by atoms with E-state index in [0.717, 1.165) is 23.6 Å². The molecule has 0 spiro atoms. The second-order valence-electron chi connectivity index (χ2n) is 8.18. The molecule has 1 unspecified atom stereocenters. The first-order chi connectivity index (χ1) is 13.8. The fraction of sp³-hybridized carbons (Fsp3) is 0.417. The minimum absolute atomic E-state index is 0.257. The molecule has 0 aliphatic carbocycles. The number of carbonyl (C=O) groups is 2. The molecule has 29 heavy (non-hydrogen) atoms. The number of amides is 1. The summed E-state index contributed by atoms with van der Waals surface area (Å²) in [7, 11) is 0. The predicted molar refractivity (Wildman–Crippen MR) is 120 cm³/mol. The van der Waals surface area contributed by atoms with Gasteiger partial charge in [-0.15, -0.1) is 0 Å². The van der Waals surface area contributed by atoms with Crippen molar-refractivity contribution >= 4 is 33.2 Å². The Morgan fingerprint density at radius 3 is 2.52 bits per heavy atom. The van der Waals surface area contributed by atoms with Gasteiger partial charge in [0.1, 0.15) is 0 Å². The number of hydrogen-bond acceptors (Lipinski definition) is 3. The van der Waals surface area contributed by atoms with E-state index in [1.807, 2.05) is 12.1 Å². The number of carbonyl (C=O) groups excluding carboxylic acids is 2. The molecule has 4 nitrogen and oxygen atoms in total. The molecule has 0 radical (unpaired) electrons. The van der Waals surface area contributed by atoms with Crippen molar-refractivity contribution in [1.82, 2.24) is 5.32 Å². The van der Waals surface area contributed by atoms with Crippen molar-refractivity contribution in [2.75, 3.05) is 0 Å². The van der Waals surface area contributed by atoms with Crippen molar-refractivity contribution in [3.05, 3.63) is 63.6 Å². The molecule has 1 aromatic carbocycles. The number of hydrogen-bond donors (Lipinski definition) is 1. The molecule has 152 valence electrons. The third-order valence-electron chi connectivity index (χ3n) is 4.59. The van der Waals surface area contributed by atoms with Gasteiger partial charge >= 0.3 is 160 Å². The zero-order valence-electron chi connectivity index (χ0n) is 18.1. The van der Waals surface area contributed by atoms with Gasteiger partial charge in [0.15, 0.2) is 0 Å². The molecule has 1 heterocycles. The molecule has 0 fully saturated rings. The molecule has 1 amide bonds. The van der Waals surface area contributed by atoms with Crippen LogP contribution >= 0.6 is 0 Å². The van der Waals surface area contributed by atoms with Gasteiger partial charge in [-0.1, -0.05) is 0 Å². The number of benzene rings is 1. The maximum atomic E-state index is 11.9. The molecule has 0 bridgehead atoms. The van der Waals surface area contributed by atoms with E-state index in [2.05, 4.69) is 49.5 Å².